The molecule has 1 aromatic carbocycles. The molecule has 0 amide bonds. The summed E-state index contributed by atoms with van der Waals surface area (Å²) in [5.74, 6) is 1.95. The third-order valence-electron chi connectivity index (χ3n) is 7.03. The number of anilines is 1. The van der Waals surface area contributed by atoms with Crippen LogP contribution < -0.4 is 4.90 Å². The zero-order valence-electron chi connectivity index (χ0n) is 19.6. The second kappa shape index (κ2) is 10.7. The van der Waals surface area contributed by atoms with Crippen molar-refractivity contribution in [3.63, 3.8) is 0 Å². The van der Waals surface area contributed by atoms with Crippen molar-refractivity contribution in [3.8, 4) is 22.8 Å². The molecule has 3 aromatic rings. The second-order valence-electron chi connectivity index (χ2n) is 9.50. The number of hydrogen-bond donors (Lipinski definition) is 2. The Morgan fingerprint density at radius 2 is 1.57 bits per heavy atom. The van der Waals surface area contributed by atoms with Gasteiger partial charge in [-0.1, -0.05) is 11.6 Å². The van der Waals surface area contributed by atoms with Crippen LogP contribution in [-0.2, 0) is 9.53 Å². The zero-order chi connectivity index (χ0) is 24.2. The van der Waals surface area contributed by atoms with Gasteiger partial charge >= 0.3 is 5.97 Å². The number of aromatic amines is 1. The molecule has 2 aromatic heterocycles. The number of aromatic nitrogens is 4. The van der Waals surface area contributed by atoms with Crippen LogP contribution in [0.15, 0.2) is 42.6 Å². The van der Waals surface area contributed by atoms with E-state index in [-0.39, 0.29) is 18.6 Å². The minimum atomic E-state index is -0.688. The van der Waals surface area contributed by atoms with E-state index in [9.17, 15) is 4.79 Å². The fraction of sp³-hybridized carbons (Fsp3) is 0.462. The standard InChI is InChI=1S/C26H30ClN5O3/c27-20-6-3-18(4-7-20)25-29-26(31-30-25)19-5-10-23(28-16-19)32-13-11-22(12-14-32)35-21-8-1-17(2-9-21)15-24(33)34/h3-7,10,16-17,21-22H,1-2,8-9,11-15H2,(H,33,34)(H,29,30,31)/t17-,21-. The van der Waals surface area contributed by atoms with Crippen LogP contribution in [0.2, 0.25) is 5.02 Å². The number of nitrogens with zero attached hydrogens (tertiary/aromatic N) is 4. The number of aliphatic carboxylic acids is 1. The van der Waals surface area contributed by atoms with Gasteiger partial charge in [0.1, 0.15) is 5.82 Å². The smallest absolute Gasteiger partial charge is 0.303 e. The van der Waals surface area contributed by atoms with Crippen molar-refractivity contribution in [3.05, 3.63) is 47.6 Å². The van der Waals surface area contributed by atoms with Gasteiger partial charge in [-0.25, -0.2) is 4.98 Å². The molecule has 35 heavy (non-hydrogen) atoms. The Labute approximate surface area is 209 Å². The number of ether oxygens (including phenoxy) is 1. The Balaban J connectivity index is 1.11. The van der Waals surface area contributed by atoms with Gasteiger partial charge in [0, 0.05) is 41.9 Å². The zero-order valence-corrected chi connectivity index (χ0v) is 20.3. The van der Waals surface area contributed by atoms with E-state index in [4.69, 9.17) is 21.4 Å². The average molecular weight is 496 g/mol. The van der Waals surface area contributed by atoms with E-state index in [0.29, 0.717) is 22.6 Å². The first-order chi connectivity index (χ1) is 17.0. The van der Waals surface area contributed by atoms with Gasteiger partial charge in [-0.3, -0.25) is 4.79 Å². The van der Waals surface area contributed by atoms with Gasteiger partial charge in [0.15, 0.2) is 11.6 Å². The van der Waals surface area contributed by atoms with Crippen LogP contribution in [0.5, 0.6) is 0 Å². The molecule has 2 aliphatic rings. The van der Waals surface area contributed by atoms with E-state index in [1.54, 1.807) is 0 Å². The third-order valence-corrected chi connectivity index (χ3v) is 7.29. The summed E-state index contributed by atoms with van der Waals surface area (Å²) in [6, 6.07) is 11.5. The summed E-state index contributed by atoms with van der Waals surface area (Å²) in [6.45, 7) is 1.82. The minimum absolute atomic E-state index is 0.270. The summed E-state index contributed by atoms with van der Waals surface area (Å²) < 4.78 is 6.37. The molecule has 184 valence electrons. The Bertz CT molecular complexity index is 1120. The summed E-state index contributed by atoms with van der Waals surface area (Å²) in [6.07, 6.45) is 8.48. The number of pyridine rings is 1. The Morgan fingerprint density at radius 1 is 0.943 bits per heavy atom. The lowest BCUT2D eigenvalue weighted by Crippen LogP contribution is -2.39. The summed E-state index contributed by atoms with van der Waals surface area (Å²) >= 11 is 5.97. The maximum atomic E-state index is 10.9. The highest BCUT2D eigenvalue weighted by molar-refractivity contribution is 6.30. The van der Waals surface area contributed by atoms with Crippen molar-refractivity contribution >= 4 is 23.4 Å². The van der Waals surface area contributed by atoms with E-state index in [1.807, 2.05) is 42.6 Å². The second-order valence-corrected chi connectivity index (χ2v) is 9.93. The number of benzene rings is 1. The average Bonchev–Trinajstić information content (AvgIpc) is 3.36. The predicted octanol–water partition coefficient (Wildman–Crippen LogP) is 5.21. The first-order valence-corrected chi connectivity index (χ1v) is 12.7. The van der Waals surface area contributed by atoms with Crippen molar-refractivity contribution in [2.45, 2.75) is 57.2 Å². The van der Waals surface area contributed by atoms with Crippen LogP contribution in [0.25, 0.3) is 22.8 Å². The molecule has 9 heteroatoms. The van der Waals surface area contributed by atoms with Crippen molar-refractivity contribution in [2.75, 3.05) is 18.0 Å². The molecule has 0 radical (unpaired) electrons. The number of rotatable bonds is 7. The quantitative estimate of drug-likeness (QED) is 0.463. The largest absolute Gasteiger partial charge is 0.481 e. The lowest BCUT2D eigenvalue weighted by Gasteiger charge is -2.36. The Kier molecular flexibility index (Phi) is 7.29. The van der Waals surface area contributed by atoms with Crippen molar-refractivity contribution < 1.29 is 14.6 Å². The molecule has 1 aliphatic carbocycles. The number of carbonyl (C=O) groups is 1. The van der Waals surface area contributed by atoms with Gasteiger partial charge in [0.2, 0.25) is 0 Å². The number of carboxylic acids is 1. The summed E-state index contributed by atoms with van der Waals surface area (Å²) in [5, 5.41) is 18.2. The van der Waals surface area contributed by atoms with Gasteiger partial charge in [0.25, 0.3) is 0 Å². The molecule has 5 rings (SSSR count). The predicted molar refractivity (Wildman–Crippen MR) is 134 cm³/mol. The molecule has 2 fully saturated rings. The van der Waals surface area contributed by atoms with Gasteiger partial charge in [-0.05, 0) is 80.8 Å². The van der Waals surface area contributed by atoms with Crippen LogP contribution in [-0.4, -0.2) is 56.5 Å². The number of piperidine rings is 1. The fourth-order valence-corrected chi connectivity index (χ4v) is 5.18. The van der Waals surface area contributed by atoms with Crippen molar-refractivity contribution in [1.82, 2.24) is 20.2 Å². The highest BCUT2D eigenvalue weighted by Crippen LogP contribution is 2.31. The van der Waals surface area contributed by atoms with Crippen LogP contribution in [0.4, 0.5) is 5.82 Å². The van der Waals surface area contributed by atoms with Crippen molar-refractivity contribution in [1.29, 1.82) is 0 Å². The highest BCUT2D eigenvalue weighted by atomic mass is 35.5. The normalized spacial score (nSPS) is 21.2. The maximum absolute atomic E-state index is 10.9. The van der Waals surface area contributed by atoms with Crippen molar-refractivity contribution in [2.24, 2.45) is 5.92 Å². The first kappa shape index (κ1) is 23.8. The third kappa shape index (κ3) is 6.00. The number of carboxylic acid groups (broad SMARTS) is 1. The van der Waals surface area contributed by atoms with Gasteiger partial charge in [0.05, 0.1) is 12.2 Å². The number of hydrogen-bond acceptors (Lipinski definition) is 6. The van der Waals surface area contributed by atoms with E-state index in [2.05, 4.69) is 25.1 Å². The molecule has 2 N–H and O–H groups in total. The fourth-order valence-electron chi connectivity index (χ4n) is 5.06. The minimum Gasteiger partial charge on any atom is -0.481 e. The Hall–Kier alpha value is -2.97. The SMILES string of the molecule is O=C(O)C[C@H]1CC[C@H](OC2CCN(c3ccc(-c4nnc(-c5ccc(Cl)cc5)[nH]4)cn3)CC2)CC1. The van der Waals surface area contributed by atoms with Crippen LogP contribution >= 0.6 is 11.6 Å². The number of H-pyrrole nitrogens is 1. The summed E-state index contributed by atoms with van der Waals surface area (Å²) in [4.78, 5) is 21.1. The number of halogens is 1. The molecule has 8 nitrogen and oxygen atoms in total. The van der Waals surface area contributed by atoms with E-state index >= 15 is 0 Å². The lowest BCUT2D eigenvalue weighted by atomic mass is 9.85. The lowest BCUT2D eigenvalue weighted by molar-refractivity contribution is -0.138. The molecular formula is C26H30ClN5O3. The topological polar surface area (TPSA) is 104 Å². The summed E-state index contributed by atoms with van der Waals surface area (Å²) in [5.41, 5.74) is 1.81. The molecule has 0 bridgehead atoms. The molecule has 0 atom stereocenters. The monoisotopic (exact) mass is 495 g/mol. The van der Waals surface area contributed by atoms with Crippen LogP contribution in [0.3, 0.4) is 0 Å². The van der Waals surface area contributed by atoms with E-state index in [0.717, 1.165) is 68.6 Å². The molecule has 0 unspecified atom stereocenters. The molecule has 0 spiro atoms. The van der Waals surface area contributed by atoms with Crippen LogP contribution in [0, 0.1) is 5.92 Å². The summed E-state index contributed by atoms with van der Waals surface area (Å²) in [7, 11) is 0. The molecule has 3 heterocycles. The maximum Gasteiger partial charge on any atom is 0.303 e. The van der Waals surface area contributed by atoms with E-state index in [1.165, 1.54) is 0 Å². The van der Waals surface area contributed by atoms with Crippen LogP contribution in [0.1, 0.15) is 44.9 Å². The highest BCUT2D eigenvalue weighted by Gasteiger charge is 2.28. The molecule has 1 saturated carbocycles. The van der Waals surface area contributed by atoms with Gasteiger partial charge in [-0.15, -0.1) is 10.2 Å². The van der Waals surface area contributed by atoms with Gasteiger partial charge in [-0.2, -0.15) is 0 Å². The van der Waals surface area contributed by atoms with Gasteiger partial charge < -0.3 is 19.7 Å². The van der Waals surface area contributed by atoms with E-state index < -0.39 is 5.97 Å². The molecular weight excluding hydrogens is 466 g/mol. The first-order valence-electron chi connectivity index (χ1n) is 12.3. The molecule has 1 aliphatic heterocycles. The Morgan fingerprint density at radius 3 is 2.20 bits per heavy atom. The molecule has 1 saturated heterocycles. The number of nitrogens with one attached hydrogen (secondary N) is 1.